The van der Waals surface area contributed by atoms with E-state index in [2.05, 4.69) is 5.32 Å². The summed E-state index contributed by atoms with van der Waals surface area (Å²) in [6, 6.07) is 4.03. The fourth-order valence-electron chi connectivity index (χ4n) is 1.42. The Kier molecular flexibility index (Phi) is 2.61. The maximum absolute atomic E-state index is 12.3. The lowest BCUT2D eigenvalue weighted by molar-refractivity contribution is -0.137. The van der Waals surface area contributed by atoms with Gasteiger partial charge in [0.15, 0.2) is 0 Å². The number of halogens is 3. The van der Waals surface area contributed by atoms with Crippen molar-refractivity contribution in [3.05, 3.63) is 50.3 Å². The predicted molar refractivity (Wildman–Crippen MR) is 60.5 cm³/mol. The zero-order valence-corrected chi connectivity index (χ0v) is 8.84. The summed E-state index contributed by atoms with van der Waals surface area (Å²) in [5.74, 6) is 0. The molecule has 4 nitrogen and oxygen atoms in total. The average Bonchev–Trinajstić information content (AvgIpc) is 2.34. The predicted octanol–water partition coefficient (Wildman–Crippen LogP) is 1.63. The van der Waals surface area contributed by atoms with E-state index < -0.39 is 22.6 Å². The van der Waals surface area contributed by atoms with Gasteiger partial charge in [0.25, 0.3) is 10.9 Å². The van der Waals surface area contributed by atoms with E-state index in [1.54, 1.807) is 0 Å². The fraction of sp³-hybridized carbons (Fsp3) is 0.0909. The van der Waals surface area contributed by atoms with Crippen LogP contribution >= 0.6 is 0 Å². The molecule has 0 aromatic heterocycles. The number of benzene rings is 1. The number of nitrogens with one attached hydrogen (secondary N) is 1. The largest absolute Gasteiger partial charge is 0.416 e. The molecule has 0 heterocycles. The van der Waals surface area contributed by atoms with Crippen molar-refractivity contribution >= 4 is 17.1 Å². The van der Waals surface area contributed by atoms with Crippen LogP contribution in [0, 0.1) is 0 Å². The van der Waals surface area contributed by atoms with Gasteiger partial charge in [0.2, 0.25) is 0 Å². The van der Waals surface area contributed by atoms with Crippen molar-refractivity contribution in [1.82, 2.24) is 0 Å². The van der Waals surface area contributed by atoms with Gasteiger partial charge in [-0.3, -0.25) is 9.59 Å². The molecule has 0 atom stereocenters. The second-order valence-electron chi connectivity index (χ2n) is 3.65. The maximum Gasteiger partial charge on any atom is 0.416 e. The quantitative estimate of drug-likeness (QED) is 0.801. The lowest BCUT2D eigenvalue weighted by Gasteiger charge is -2.11. The maximum atomic E-state index is 12.3. The minimum atomic E-state index is -4.42. The molecule has 2 aromatic carbocycles. The zero-order chi connectivity index (χ0) is 13.5. The molecule has 0 aliphatic carbocycles. The van der Waals surface area contributed by atoms with Gasteiger partial charge in [-0.2, -0.15) is 13.2 Å². The summed E-state index contributed by atoms with van der Waals surface area (Å²) in [7, 11) is 0. The van der Waals surface area contributed by atoms with Crippen molar-refractivity contribution in [3.8, 4) is 0 Å². The van der Waals surface area contributed by atoms with Gasteiger partial charge in [0.1, 0.15) is 11.4 Å². The highest BCUT2D eigenvalue weighted by atomic mass is 19.4. The minimum absolute atomic E-state index is 0.0836. The molecule has 0 aliphatic heterocycles. The van der Waals surface area contributed by atoms with Gasteiger partial charge in [-0.25, -0.2) is 0 Å². The molecule has 0 fully saturated rings. The van der Waals surface area contributed by atoms with Gasteiger partial charge in [0, 0.05) is 5.69 Å². The summed E-state index contributed by atoms with van der Waals surface area (Å²) >= 11 is 0. The number of nitrogen functional groups attached to an aromatic ring is 1. The van der Waals surface area contributed by atoms with Crippen molar-refractivity contribution < 1.29 is 13.2 Å². The summed E-state index contributed by atoms with van der Waals surface area (Å²) in [6.07, 6.45) is -4.42. The molecular weight excluding hydrogens is 249 g/mol. The van der Waals surface area contributed by atoms with Crippen LogP contribution in [0.25, 0.3) is 0 Å². The van der Waals surface area contributed by atoms with E-state index in [9.17, 15) is 22.8 Å². The van der Waals surface area contributed by atoms with Gasteiger partial charge in [-0.1, -0.05) is 0 Å². The molecule has 0 radical (unpaired) electrons. The van der Waals surface area contributed by atoms with Gasteiger partial charge in [-0.15, -0.1) is 0 Å². The molecular formula is C11H7F3N2O2. The van der Waals surface area contributed by atoms with Crippen molar-refractivity contribution in [1.29, 1.82) is 0 Å². The smallest absolute Gasteiger partial charge is 0.394 e. The van der Waals surface area contributed by atoms with Crippen LogP contribution in [0.4, 0.5) is 30.2 Å². The SMILES string of the molecule is Nc1c(Nc2ccc(C(F)(F)F)cc2)c(=O)c1=O. The summed E-state index contributed by atoms with van der Waals surface area (Å²) in [4.78, 5) is 21.9. The van der Waals surface area contributed by atoms with E-state index in [1.807, 2.05) is 0 Å². The first-order valence-corrected chi connectivity index (χ1v) is 4.84. The Morgan fingerprint density at radius 3 is 2.00 bits per heavy atom. The Morgan fingerprint density at radius 1 is 1.00 bits per heavy atom. The Hall–Kier alpha value is -2.31. The normalized spacial score (nSPS) is 11.7. The Labute approximate surface area is 98.5 Å². The third kappa shape index (κ3) is 1.94. The number of rotatable bonds is 2. The molecule has 0 spiro atoms. The molecule has 0 saturated carbocycles. The van der Waals surface area contributed by atoms with E-state index >= 15 is 0 Å². The summed E-state index contributed by atoms with van der Waals surface area (Å²) in [5.41, 5.74) is 2.87. The van der Waals surface area contributed by atoms with Crippen LogP contribution in [0.1, 0.15) is 5.56 Å². The lowest BCUT2D eigenvalue weighted by Crippen LogP contribution is -2.36. The first-order valence-electron chi connectivity index (χ1n) is 4.84. The fourth-order valence-corrected chi connectivity index (χ4v) is 1.42. The Bertz CT molecular complexity index is 652. The molecule has 0 unspecified atom stereocenters. The molecule has 0 saturated heterocycles. The summed E-state index contributed by atoms with van der Waals surface area (Å²) in [5, 5.41) is 2.50. The Balaban J connectivity index is 2.23. The van der Waals surface area contributed by atoms with Crippen molar-refractivity contribution in [3.63, 3.8) is 0 Å². The molecule has 7 heteroatoms. The Morgan fingerprint density at radius 2 is 1.56 bits per heavy atom. The highest BCUT2D eigenvalue weighted by Crippen LogP contribution is 2.30. The molecule has 18 heavy (non-hydrogen) atoms. The van der Waals surface area contributed by atoms with Crippen LogP contribution in [0.5, 0.6) is 0 Å². The highest BCUT2D eigenvalue weighted by molar-refractivity contribution is 5.76. The molecule has 0 amide bonds. The number of anilines is 3. The van der Waals surface area contributed by atoms with E-state index in [4.69, 9.17) is 5.73 Å². The third-order valence-corrected chi connectivity index (χ3v) is 2.43. The van der Waals surface area contributed by atoms with Crippen molar-refractivity contribution in [2.75, 3.05) is 11.1 Å². The standard InChI is InChI=1S/C11H7F3N2O2/c12-11(13,14)5-1-3-6(4-2-5)16-8-7(15)9(17)10(8)18/h1-4,16H,15H2. The number of alkyl halides is 3. The van der Waals surface area contributed by atoms with Crippen LogP contribution in [0.15, 0.2) is 33.9 Å². The molecule has 94 valence electrons. The second-order valence-corrected chi connectivity index (χ2v) is 3.65. The average molecular weight is 256 g/mol. The third-order valence-electron chi connectivity index (χ3n) is 2.43. The molecule has 3 N–H and O–H groups in total. The zero-order valence-electron chi connectivity index (χ0n) is 8.84. The van der Waals surface area contributed by atoms with Crippen LogP contribution < -0.4 is 21.9 Å². The molecule has 0 bridgehead atoms. The highest BCUT2D eigenvalue weighted by Gasteiger charge is 2.30. The van der Waals surface area contributed by atoms with Gasteiger partial charge < -0.3 is 11.1 Å². The van der Waals surface area contributed by atoms with E-state index in [-0.39, 0.29) is 17.1 Å². The molecule has 2 aromatic rings. The first-order chi connectivity index (χ1) is 8.30. The first kappa shape index (κ1) is 12.2. The van der Waals surface area contributed by atoms with Crippen LogP contribution in [0.2, 0.25) is 0 Å². The topological polar surface area (TPSA) is 72.2 Å². The van der Waals surface area contributed by atoms with Gasteiger partial charge in [0.05, 0.1) is 5.56 Å². The number of hydrogen-bond donors (Lipinski definition) is 2. The summed E-state index contributed by atoms with van der Waals surface area (Å²) < 4.78 is 36.9. The second kappa shape index (κ2) is 3.86. The molecule has 2 rings (SSSR count). The lowest BCUT2D eigenvalue weighted by atomic mass is 10.1. The van der Waals surface area contributed by atoms with Crippen molar-refractivity contribution in [2.24, 2.45) is 0 Å². The monoisotopic (exact) mass is 256 g/mol. The number of nitrogens with two attached hydrogens (primary N) is 1. The van der Waals surface area contributed by atoms with E-state index in [1.165, 1.54) is 0 Å². The van der Waals surface area contributed by atoms with Crippen LogP contribution in [0.3, 0.4) is 0 Å². The van der Waals surface area contributed by atoms with Gasteiger partial charge >= 0.3 is 6.18 Å². The molecule has 0 aliphatic rings. The summed E-state index contributed by atoms with van der Waals surface area (Å²) in [6.45, 7) is 0. The van der Waals surface area contributed by atoms with Gasteiger partial charge in [-0.05, 0) is 24.3 Å². The number of hydrogen-bond acceptors (Lipinski definition) is 4. The van der Waals surface area contributed by atoms with Crippen molar-refractivity contribution in [2.45, 2.75) is 6.18 Å². The van der Waals surface area contributed by atoms with E-state index in [0.29, 0.717) is 0 Å². The van der Waals surface area contributed by atoms with Crippen LogP contribution in [-0.4, -0.2) is 0 Å². The van der Waals surface area contributed by atoms with E-state index in [0.717, 1.165) is 24.3 Å². The van der Waals surface area contributed by atoms with Crippen LogP contribution in [-0.2, 0) is 6.18 Å². The minimum Gasteiger partial charge on any atom is -0.394 e.